The lowest BCUT2D eigenvalue weighted by atomic mass is 9.85. The number of hydrogen-bond acceptors (Lipinski definition) is 5. The Kier molecular flexibility index (Phi) is 6.97. The molecule has 160 valence electrons. The second-order valence-electron chi connectivity index (χ2n) is 8.84. The lowest BCUT2D eigenvalue weighted by Crippen LogP contribution is -2.48. The van der Waals surface area contributed by atoms with E-state index in [1.165, 1.54) is 6.07 Å². The quantitative estimate of drug-likeness (QED) is 0.581. The molecule has 1 aromatic carbocycles. The highest BCUT2D eigenvalue weighted by Crippen LogP contribution is 2.21. The van der Waals surface area contributed by atoms with E-state index in [0.717, 1.165) is 5.56 Å². The molecule has 0 aliphatic heterocycles. The largest absolute Gasteiger partial charge is 0.456 e. The van der Waals surface area contributed by atoms with Crippen LogP contribution in [0.5, 0.6) is 0 Å². The van der Waals surface area contributed by atoms with Gasteiger partial charge in [-0.15, -0.1) is 0 Å². The molecule has 0 radical (unpaired) electrons. The van der Waals surface area contributed by atoms with Crippen LogP contribution in [0.15, 0.2) is 42.5 Å². The molecule has 0 bridgehead atoms. The molecule has 2 aromatic rings. The number of benzene rings is 1. The van der Waals surface area contributed by atoms with Crippen molar-refractivity contribution in [2.24, 2.45) is 5.41 Å². The van der Waals surface area contributed by atoms with E-state index in [-0.39, 0.29) is 17.2 Å². The van der Waals surface area contributed by atoms with Gasteiger partial charge in [0, 0.05) is 11.1 Å². The molecule has 7 nitrogen and oxygen atoms in total. The third-order valence-electron chi connectivity index (χ3n) is 4.21. The molecule has 7 heteroatoms. The zero-order valence-electron chi connectivity index (χ0n) is 18.3. The number of rotatable bonds is 5. The minimum Gasteiger partial charge on any atom is -0.456 e. The van der Waals surface area contributed by atoms with Gasteiger partial charge in [-0.1, -0.05) is 44.2 Å². The third-order valence-corrected chi connectivity index (χ3v) is 4.21. The third kappa shape index (κ3) is 6.69. The summed E-state index contributed by atoms with van der Waals surface area (Å²) in [6, 6.07) is 12.5. The summed E-state index contributed by atoms with van der Waals surface area (Å²) in [6.07, 6.45) is 0.515. The maximum absolute atomic E-state index is 12.6. The number of nitrogens with one attached hydrogen (secondary N) is 2. The first kappa shape index (κ1) is 23.1. The van der Waals surface area contributed by atoms with Crippen LogP contribution in [-0.2, 0) is 16.0 Å². The van der Waals surface area contributed by atoms with Gasteiger partial charge in [0.05, 0.1) is 5.56 Å². The fourth-order valence-electron chi connectivity index (χ4n) is 2.77. The highest BCUT2D eigenvalue weighted by Gasteiger charge is 2.28. The van der Waals surface area contributed by atoms with Crippen LogP contribution in [0.25, 0.3) is 0 Å². The zero-order chi connectivity index (χ0) is 22.5. The van der Waals surface area contributed by atoms with Crippen molar-refractivity contribution < 1.29 is 19.1 Å². The molecule has 0 aliphatic rings. The van der Waals surface area contributed by atoms with Gasteiger partial charge >= 0.3 is 5.97 Å². The Hall–Kier alpha value is -3.22. The summed E-state index contributed by atoms with van der Waals surface area (Å²) in [6.45, 7) is 10.6. The Morgan fingerprint density at radius 2 is 1.60 bits per heavy atom. The minimum atomic E-state index is -0.740. The second-order valence-corrected chi connectivity index (χ2v) is 8.84. The van der Waals surface area contributed by atoms with Crippen molar-refractivity contribution in [3.63, 3.8) is 0 Å². The Morgan fingerprint density at radius 3 is 2.20 bits per heavy atom. The van der Waals surface area contributed by atoms with Crippen molar-refractivity contribution in [2.75, 3.05) is 0 Å². The number of aromatic nitrogens is 1. The van der Waals surface area contributed by atoms with Crippen molar-refractivity contribution in [1.82, 2.24) is 15.8 Å². The Labute approximate surface area is 177 Å². The van der Waals surface area contributed by atoms with Gasteiger partial charge in [0.15, 0.2) is 0 Å². The molecule has 1 aromatic heterocycles. The highest BCUT2D eigenvalue weighted by molar-refractivity contribution is 5.97. The predicted molar refractivity (Wildman–Crippen MR) is 114 cm³/mol. The Balaban J connectivity index is 2.05. The summed E-state index contributed by atoms with van der Waals surface area (Å²) in [5, 5.41) is 0. The summed E-state index contributed by atoms with van der Waals surface area (Å²) < 4.78 is 5.34. The minimum absolute atomic E-state index is 0.0111. The summed E-state index contributed by atoms with van der Waals surface area (Å²) in [7, 11) is 0. The van der Waals surface area contributed by atoms with Crippen molar-refractivity contribution in [1.29, 1.82) is 0 Å². The van der Waals surface area contributed by atoms with E-state index in [2.05, 4.69) is 15.8 Å². The predicted octanol–water partition coefficient (Wildman–Crippen LogP) is 3.38. The molecule has 0 saturated carbocycles. The van der Waals surface area contributed by atoms with Crippen LogP contribution in [0.2, 0.25) is 0 Å². The molecule has 30 heavy (non-hydrogen) atoms. The molecule has 2 N–H and O–H groups in total. The number of amides is 2. The highest BCUT2D eigenvalue weighted by atomic mass is 16.6. The average Bonchev–Trinajstić information content (AvgIpc) is 2.64. The summed E-state index contributed by atoms with van der Waals surface area (Å²) in [5.74, 6) is -1.50. The van der Waals surface area contributed by atoms with E-state index in [1.54, 1.807) is 47.6 Å². The van der Waals surface area contributed by atoms with Gasteiger partial charge in [-0.25, -0.2) is 9.78 Å². The topological polar surface area (TPSA) is 97.4 Å². The number of aryl methyl sites for hydroxylation is 1. The van der Waals surface area contributed by atoms with Gasteiger partial charge in [-0.05, 0) is 51.8 Å². The van der Waals surface area contributed by atoms with E-state index in [0.29, 0.717) is 12.1 Å². The molecule has 0 spiro atoms. The first-order chi connectivity index (χ1) is 13.9. The van der Waals surface area contributed by atoms with Crippen LogP contribution in [-0.4, -0.2) is 28.4 Å². The van der Waals surface area contributed by atoms with Crippen LogP contribution in [0.4, 0.5) is 0 Å². The first-order valence-electron chi connectivity index (χ1n) is 9.74. The van der Waals surface area contributed by atoms with Gasteiger partial charge < -0.3 is 4.74 Å². The van der Waals surface area contributed by atoms with Gasteiger partial charge in [0.25, 0.3) is 5.91 Å². The molecule has 2 rings (SSSR count). The van der Waals surface area contributed by atoms with Crippen molar-refractivity contribution in [2.45, 2.75) is 53.6 Å². The number of esters is 1. The van der Waals surface area contributed by atoms with Gasteiger partial charge in [0.2, 0.25) is 5.91 Å². The average molecular weight is 412 g/mol. The summed E-state index contributed by atoms with van der Waals surface area (Å²) in [4.78, 5) is 41.5. The van der Waals surface area contributed by atoms with Crippen molar-refractivity contribution in [3.8, 4) is 0 Å². The Bertz CT molecular complexity index is 931. The molecule has 0 atom stereocenters. The fraction of sp³-hybridized carbons (Fsp3) is 0.391. The van der Waals surface area contributed by atoms with Gasteiger partial charge in [-0.2, -0.15) is 0 Å². The maximum atomic E-state index is 12.6. The zero-order valence-corrected chi connectivity index (χ0v) is 18.3. The van der Waals surface area contributed by atoms with E-state index in [4.69, 9.17) is 4.74 Å². The molecule has 2 amide bonds. The lowest BCUT2D eigenvalue weighted by molar-refractivity contribution is -0.130. The smallest absolute Gasteiger partial charge is 0.338 e. The van der Waals surface area contributed by atoms with Gasteiger partial charge in [0.1, 0.15) is 11.3 Å². The van der Waals surface area contributed by atoms with Crippen molar-refractivity contribution >= 4 is 17.8 Å². The number of hydrazine groups is 1. The number of carbonyl (C=O) groups is 3. The molecule has 0 unspecified atom stereocenters. The normalized spacial score (nSPS) is 11.5. The number of ether oxygens (including phenoxy) is 1. The summed E-state index contributed by atoms with van der Waals surface area (Å²) in [5.41, 5.74) is 5.17. The monoisotopic (exact) mass is 411 g/mol. The van der Waals surface area contributed by atoms with E-state index < -0.39 is 22.9 Å². The van der Waals surface area contributed by atoms with Crippen LogP contribution >= 0.6 is 0 Å². The lowest BCUT2D eigenvalue weighted by Gasteiger charge is -2.23. The standard InChI is InChI=1S/C23H29N3O4/c1-15-12-17(20(28)30-22(2,3)4)13-18(24-15)19(27)25-26-21(29)23(5,6)14-16-10-8-7-9-11-16/h7-13H,14H2,1-6H3,(H,25,27)(H,26,29). The maximum Gasteiger partial charge on any atom is 0.338 e. The van der Waals surface area contributed by atoms with Crippen molar-refractivity contribution in [3.05, 3.63) is 65.0 Å². The second kappa shape index (κ2) is 9.07. The number of carbonyl (C=O) groups excluding carboxylic acids is 3. The molecular formula is C23H29N3O4. The number of hydrogen-bond donors (Lipinski definition) is 2. The van der Waals surface area contributed by atoms with Crippen LogP contribution < -0.4 is 10.9 Å². The molecule has 0 fully saturated rings. The van der Waals surface area contributed by atoms with E-state index in [1.807, 2.05) is 30.3 Å². The Morgan fingerprint density at radius 1 is 0.967 bits per heavy atom. The summed E-state index contributed by atoms with van der Waals surface area (Å²) >= 11 is 0. The molecule has 1 heterocycles. The SMILES string of the molecule is Cc1cc(C(=O)OC(C)(C)C)cc(C(=O)NNC(=O)C(C)(C)Cc2ccccc2)n1. The first-order valence-corrected chi connectivity index (χ1v) is 9.74. The van der Waals surface area contributed by atoms with Crippen LogP contribution in [0, 0.1) is 12.3 Å². The van der Waals surface area contributed by atoms with E-state index in [9.17, 15) is 14.4 Å². The molecule has 0 saturated heterocycles. The van der Waals surface area contributed by atoms with Crippen LogP contribution in [0.3, 0.4) is 0 Å². The molecular weight excluding hydrogens is 382 g/mol. The van der Waals surface area contributed by atoms with Crippen LogP contribution in [0.1, 0.15) is 66.7 Å². The van der Waals surface area contributed by atoms with E-state index >= 15 is 0 Å². The number of nitrogens with zero attached hydrogens (tertiary/aromatic N) is 1. The van der Waals surface area contributed by atoms with Gasteiger partial charge in [-0.3, -0.25) is 20.4 Å². The fourth-order valence-corrected chi connectivity index (χ4v) is 2.77. The molecule has 0 aliphatic carbocycles. The number of pyridine rings is 1.